The molecule has 1 saturated heterocycles. The van der Waals surface area contributed by atoms with Crippen LogP contribution < -0.4 is 0 Å². The maximum atomic E-state index is 12.1. The lowest BCUT2D eigenvalue weighted by Crippen LogP contribution is -2.48. The van der Waals surface area contributed by atoms with Gasteiger partial charge in [-0.25, -0.2) is 8.78 Å². The van der Waals surface area contributed by atoms with E-state index in [1.165, 1.54) is 0 Å². The predicted octanol–water partition coefficient (Wildman–Crippen LogP) is -1.95. The van der Waals surface area contributed by atoms with E-state index in [9.17, 15) is 8.78 Å². The molecular weight excluding hydrogens is 190 g/mol. The van der Waals surface area contributed by atoms with Crippen molar-refractivity contribution in [1.29, 1.82) is 0 Å². The van der Waals surface area contributed by atoms with Gasteiger partial charge in [0.1, 0.15) is 18.3 Å². The second-order valence-corrected chi connectivity index (χ2v) is 2.83. The number of ether oxygens (including phenoxy) is 1. The van der Waals surface area contributed by atoms with Crippen molar-refractivity contribution in [1.82, 2.24) is 0 Å². The zero-order chi connectivity index (χ0) is 10.2. The van der Waals surface area contributed by atoms with Gasteiger partial charge < -0.3 is 25.2 Å². The summed E-state index contributed by atoms with van der Waals surface area (Å²) in [6.45, 7) is -0.757. The number of hydrogen-bond donors (Lipinski definition) is 4. The van der Waals surface area contributed by atoms with Crippen LogP contribution in [0.3, 0.4) is 0 Å². The smallest absolute Gasteiger partial charge is 0.294 e. The lowest BCUT2D eigenvalue weighted by molar-refractivity contribution is -0.289. The lowest BCUT2D eigenvalue weighted by Gasteiger charge is -2.24. The fourth-order valence-electron chi connectivity index (χ4n) is 1.16. The van der Waals surface area contributed by atoms with Gasteiger partial charge in [-0.05, 0) is 0 Å². The van der Waals surface area contributed by atoms with Gasteiger partial charge in [0.05, 0.1) is 6.61 Å². The number of aliphatic hydroxyl groups is 4. The third-order valence-electron chi connectivity index (χ3n) is 1.96. The minimum Gasteiger partial charge on any atom is -0.394 e. The van der Waals surface area contributed by atoms with Crippen LogP contribution in [0.1, 0.15) is 0 Å². The summed E-state index contributed by atoms with van der Waals surface area (Å²) in [7, 11) is 0. The van der Waals surface area contributed by atoms with Crippen LogP contribution in [-0.2, 0) is 4.74 Å². The van der Waals surface area contributed by atoms with Crippen molar-refractivity contribution in [2.75, 3.05) is 6.61 Å². The Hall–Kier alpha value is -0.340. The van der Waals surface area contributed by atoms with E-state index in [-0.39, 0.29) is 0 Å². The van der Waals surface area contributed by atoms with Crippen molar-refractivity contribution in [2.24, 2.45) is 0 Å². The summed E-state index contributed by atoms with van der Waals surface area (Å²) >= 11 is 0. The van der Waals surface area contributed by atoms with E-state index in [4.69, 9.17) is 20.4 Å². The first-order chi connectivity index (χ1) is 5.93. The van der Waals surface area contributed by atoms with Crippen molar-refractivity contribution >= 4 is 0 Å². The highest BCUT2D eigenvalue weighted by Gasteiger charge is 2.58. The molecule has 0 aromatic heterocycles. The Balaban J connectivity index is 2.81. The number of rotatable bonds is 2. The molecule has 5 nitrogen and oxygen atoms in total. The Labute approximate surface area is 72.2 Å². The van der Waals surface area contributed by atoms with Crippen LogP contribution in [0.4, 0.5) is 8.78 Å². The Kier molecular flexibility index (Phi) is 2.83. The Bertz CT molecular complexity index is 190. The third-order valence-corrected chi connectivity index (χ3v) is 1.96. The zero-order valence-corrected chi connectivity index (χ0v) is 6.47. The molecule has 1 heterocycles. The summed E-state index contributed by atoms with van der Waals surface area (Å²) in [5.41, 5.74) is 0. The zero-order valence-electron chi connectivity index (χ0n) is 6.47. The molecule has 0 aromatic rings. The maximum Gasteiger partial charge on any atom is 0.294 e. The van der Waals surface area contributed by atoms with E-state index in [0.29, 0.717) is 0 Å². The molecule has 0 amide bonds. The summed E-state index contributed by atoms with van der Waals surface area (Å²) in [6, 6.07) is 0. The van der Waals surface area contributed by atoms with E-state index in [1.807, 2.05) is 0 Å². The van der Waals surface area contributed by atoms with Crippen LogP contribution >= 0.6 is 0 Å². The third kappa shape index (κ3) is 1.53. The Morgan fingerprint density at radius 1 is 1.38 bits per heavy atom. The van der Waals surface area contributed by atoms with Crippen molar-refractivity contribution in [3.63, 3.8) is 0 Å². The van der Waals surface area contributed by atoms with Crippen LogP contribution in [0.5, 0.6) is 0 Å². The normalized spacial score (nSPS) is 45.9. The van der Waals surface area contributed by atoms with E-state index >= 15 is 0 Å². The van der Waals surface area contributed by atoms with Crippen LogP contribution in [0.2, 0.25) is 0 Å². The first-order valence-corrected chi connectivity index (χ1v) is 3.58. The first kappa shape index (κ1) is 10.7. The number of halogens is 2. The number of alkyl halides is 2. The molecule has 1 aliphatic rings. The average Bonchev–Trinajstić information content (AvgIpc) is 2.31. The fourth-order valence-corrected chi connectivity index (χ4v) is 1.16. The van der Waals surface area contributed by atoms with Gasteiger partial charge in [0, 0.05) is 0 Å². The van der Waals surface area contributed by atoms with E-state index in [1.54, 1.807) is 0 Å². The summed E-state index contributed by atoms with van der Waals surface area (Å²) < 4.78 is 28.5. The molecule has 4 atom stereocenters. The van der Waals surface area contributed by atoms with Gasteiger partial charge in [-0.3, -0.25) is 0 Å². The molecule has 1 aliphatic heterocycles. The number of aliphatic hydroxyl groups excluding tert-OH is 3. The average molecular weight is 200 g/mol. The van der Waals surface area contributed by atoms with Gasteiger partial charge in [-0.15, -0.1) is 0 Å². The fraction of sp³-hybridized carbons (Fsp3) is 1.00. The summed E-state index contributed by atoms with van der Waals surface area (Å²) in [5.74, 6) is -3.09. The van der Waals surface area contributed by atoms with Crippen LogP contribution in [-0.4, -0.2) is 57.6 Å². The molecule has 0 aromatic carbocycles. The molecule has 78 valence electrons. The van der Waals surface area contributed by atoms with E-state index < -0.39 is 37.1 Å². The lowest BCUT2D eigenvalue weighted by atomic mass is 10.1. The maximum absolute atomic E-state index is 12.1. The topological polar surface area (TPSA) is 90.2 Å². The Morgan fingerprint density at radius 2 is 1.92 bits per heavy atom. The van der Waals surface area contributed by atoms with Gasteiger partial charge >= 0.3 is 0 Å². The van der Waals surface area contributed by atoms with Crippen molar-refractivity contribution < 1.29 is 33.9 Å². The second kappa shape index (κ2) is 3.43. The molecule has 0 radical (unpaired) electrons. The van der Waals surface area contributed by atoms with Gasteiger partial charge in [0.15, 0.2) is 0 Å². The first-order valence-electron chi connectivity index (χ1n) is 3.58. The number of hydrogen-bond acceptors (Lipinski definition) is 5. The monoisotopic (exact) mass is 200 g/mol. The van der Waals surface area contributed by atoms with Crippen molar-refractivity contribution in [2.45, 2.75) is 30.5 Å². The van der Waals surface area contributed by atoms with Gasteiger partial charge in [-0.2, -0.15) is 0 Å². The second-order valence-electron chi connectivity index (χ2n) is 2.83. The predicted molar refractivity (Wildman–Crippen MR) is 34.9 cm³/mol. The van der Waals surface area contributed by atoms with Crippen molar-refractivity contribution in [3.05, 3.63) is 0 Å². The highest BCUT2D eigenvalue weighted by atomic mass is 19.3. The summed E-state index contributed by atoms with van der Waals surface area (Å²) in [5, 5.41) is 35.5. The van der Waals surface area contributed by atoms with Crippen LogP contribution in [0.25, 0.3) is 0 Å². The van der Waals surface area contributed by atoms with Gasteiger partial charge in [0.25, 0.3) is 12.2 Å². The summed E-state index contributed by atoms with van der Waals surface area (Å²) in [6.07, 6.45) is -8.59. The molecular formula is C6H10F2O5. The molecule has 13 heavy (non-hydrogen) atoms. The SMILES string of the molecule is OC[C@H]1OC(O)(C(F)F)[C@@H](O)[C@@H]1O. The molecule has 0 aliphatic carbocycles. The molecule has 1 fully saturated rings. The quantitative estimate of drug-likeness (QED) is 0.416. The molecule has 7 heteroatoms. The molecule has 1 unspecified atom stereocenters. The highest BCUT2D eigenvalue weighted by molar-refractivity contribution is 4.96. The molecule has 0 saturated carbocycles. The minimum atomic E-state index is -3.35. The Morgan fingerprint density at radius 3 is 2.15 bits per heavy atom. The van der Waals surface area contributed by atoms with Crippen LogP contribution in [0.15, 0.2) is 0 Å². The van der Waals surface area contributed by atoms with E-state index in [0.717, 1.165) is 0 Å². The molecule has 1 rings (SSSR count). The minimum absolute atomic E-state index is 0.757. The van der Waals surface area contributed by atoms with Crippen LogP contribution in [0, 0.1) is 0 Å². The van der Waals surface area contributed by atoms with E-state index in [2.05, 4.69) is 4.74 Å². The summed E-state index contributed by atoms with van der Waals surface area (Å²) in [4.78, 5) is 0. The standard InChI is InChI=1S/C6H10F2O5/c7-5(8)6(12)4(11)3(10)2(1-9)13-6/h2-5,9-12H,1H2/t2-,3-,4+,6?/m1/s1. The van der Waals surface area contributed by atoms with Gasteiger partial charge in [-0.1, -0.05) is 0 Å². The molecule has 4 N–H and O–H groups in total. The highest BCUT2D eigenvalue weighted by Crippen LogP contribution is 2.33. The molecule has 0 spiro atoms. The molecule has 0 bridgehead atoms. The van der Waals surface area contributed by atoms with Crippen molar-refractivity contribution in [3.8, 4) is 0 Å². The largest absolute Gasteiger partial charge is 0.394 e. The van der Waals surface area contributed by atoms with Gasteiger partial charge in [0.2, 0.25) is 0 Å².